The maximum atomic E-state index is 15.2. The number of hydrogen-bond acceptors (Lipinski definition) is 9. The van der Waals surface area contributed by atoms with Gasteiger partial charge in [-0.2, -0.15) is 5.06 Å². The number of hydrogen-bond donors (Lipinski definition) is 2. The van der Waals surface area contributed by atoms with Crippen LogP contribution in [0.15, 0.2) is 0 Å². The number of fused-ring (bicyclic) bond motifs is 2. The molecule has 62 heavy (non-hydrogen) atoms. The molecule has 10 heteroatoms. The quantitative estimate of drug-likeness (QED) is 0.182. The number of ketones is 1. The molecule has 2 N–H and O–H groups in total. The molecule has 7 aliphatic carbocycles. The predicted molar refractivity (Wildman–Crippen MR) is 245 cm³/mol. The lowest BCUT2D eigenvalue weighted by molar-refractivity contribution is -0.193. The van der Waals surface area contributed by atoms with Gasteiger partial charge in [0.25, 0.3) is 0 Å². The van der Waals surface area contributed by atoms with Crippen LogP contribution in [0.1, 0.15) is 150 Å². The van der Waals surface area contributed by atoms with Gasteiger partial charge in [-0.1, -0.05) is 65.7 Å². The van der Waals surface area contributed by atoms with Crippen LogP contribution >= 0.6 is 0 Å². The van der Waals surface area contributed by atoms with Crippen LogP contribution in [0.25, 0.3) is 0 Å². The molecular formula is C52H90N4O6. The minimum absolute atomic E-state index is 0.0195. The third kappa shape index (κ3) is 9.79. The second-order valence-corrected chi connectivity index (χ2v) is 23.7. The molecule has 15 atom stereocenters. The van der Waals surface area contributed by atoms with Gasteiger partial charge in [-0.3, -0.25) is 19.3 Å². The van der Waals surface area contributed by atoms with Crippen LogP contribution in [0.3, 0.4) is 0 Å². The summed E-state index contributed by atoms with van der Waals surface area (Å²) in [5.74, 6) is 4.60. The lowest BCUT2D eigenvalue weighted by atomic mass is 9.43. The van der Waals surface area contributed by atoms with Gasteiger partial charge in [0.15, 0.2) is 5.78 Å². The van der Waals surface area contributed by atoms with Gasteiger partial charge >= 0.3 is 0 Å². The number of aliphatic hydroxyl groups is 2. The minimum Gasteiger partial charge on any atom is -0.394 e. The first-order valence-corrected chi connectivity index (χ1v) is 26.3. The summed E-state index contributed by atoms with van der Waals surface area (Å²) in [6, 6.07) is 0.104. The standard InChI is InChI=1S/C52H90N4O6/c1-33-38(24-41-28-44(33)52(41,3)4)27-46(59)49-48(34(2)58)47(32-57)62-56(49)30-37-19-14-20-43(50(37)61-7)39-23-40(26-42(25-39)53(5)6)51(60)55-22-21-54(29-35-15-10-8-11-16-35)31-45(55)36-17-12-9-13-18-36/h33-45,47-50,57-58H,8-32H2,1-7H3/t33-,34+,37?,38-,39?,40?,41+,42?,43?,44+,45?,47+,48-,49?,50?/m1/s1. The number of aliphatic hydroxyl groups excluding tert-OH is 2. The molecule has 9 rings (SSSR count). The first kappa shape index (κ1) is 47.4. The topological polar surface area (TPSA) is 106 Å². The molecule has 0 aromatic rings. The molecule has 10 nitrogen and oxygen atoms in total. The van der Waals surface area contributed by atoms with Gasteiger partial charge in [-0.25, -0.2) is 0 Å². The van der Waals surface area contributed by atoms with Crippen molar-refractivity contribution in [3.63, 3.8) is 0 Å². The normalized spacial score (nSPS) is 41.9. The minimum atomic E-state index is -0.781. The van der Waals surface area contributed by atoms with Crippen molar-refractivity contribution in [2.45, 2.75) is 186 Å². The predicted octanol–water partition coefficient (Wildman–Crippen LogP) is 7.69. The van der Waals surface area contributed by atoms with Crippen LogP contribution in [-0.2, 0) is 19.2 Å². The van der Waals surface area contributed by atoms with Crippen LogP contribution < -0.4 is 0 Å². The second-order valence-electron chi connectivity index (χ2n) is 23.7. The Labute approximate surface area is 376 Å². The number of carbonyl (C=O) groups is 2. The van der Waals surface area contributed by atoms with Crippen molar-refractivity contribution >= 4 is 11.7 Å². The summed E-state index contributed by atoms with van der Waals surface area (Å²) < 4.78 is 6.57. The average molecular weight is 867 g/mol. The zero-order valence-corrected chi connectivity index (χ0v) is 40.3. The zero-order chi connectivity index (χ0) is 43.9. The Bertz CT molecular complexity index is 1480. The number of ether oxygens (including phenoxy) is 1. The van der Waals surface area contributed by atoms with Gasteiger partial charge in [0.05, 0.1) is 18.8 Å². The number of carbonyl (C=O) groups excluding carboxylic acids is 2. The maximum Gasteiger partial charge on any atom is 0.226 e. The Kier molecular flexibility index (Phi) is 15.6. The highest BCUT2D eigenvalue weighted by Crippen LogP contribution is 2.63. The fourth-order valence-electron chi connectivity index (χ4n) is 16.0. The van der Waals surface area contributed by atoms with E-state index in [1.165, 1.54) is 77.2 Å². The third-order valence-electron chi connectivity index (χ3n) is 19.7. The number of hydroxylamine groups is 2. The van der Waals surface area contributed by atoms with Gasteiger partial charge in [0.2, 0.25) is 5.91 Å². The highest BCUT2D eigenvalue weighted by Gasteiger charge is 2.58. The number of rotatable bonds is 14. The Morgan fingerprint density at radius 2 is 1.58 bits per heavy atom. The maximum absolute atomic E-state index is 15.2. The molecule has 0 aromatic heterocycles. The molecule has 0 aromatic carbocycles. The van der Waals surface area contributed by atoms with Crippen molar-refractivity contribution in [2.24, 2.45) is 70.5 Å². The van der Waals surface area contributed by atoms with Crippen LogP contribution in [0, 0.1) is 70.5 Å². The SMILES string of the molecule is COC1C(CN2O[C@@H](CO)[C@@H]([C@H](C)O)C2C(=O)C[C@H]2C[C@H]3C[C@@H]([C@@H]2C)C3(C)C)CCCC1C1CC(C(=O)N2CCN(CC3CCCCC3)CC2C2CCCCC2)CC(N(C)C)C1. The van der Waals surface area contributed by atoms with E-state index in [1.807, 2.05) is 12.2 Å². The van der Waals surface area contributed by atoms with E-state index in [0.29, 0.717) is 77.8 Å². The third-order valence-corrected chi connectivity index (χ3v) is 19.7. The zero-order valence-electron chi connectivity index (χ0n) is 40.3. The van der Waals surface area contributed by atoms with E-state index < -0.39 is 24.2 Å². The van der Waals surface area contributed by atoms with Crippen LogP contribution in [0.4, 0.5) is 0 Å². The fourth-order valence-corrected chi connectivity index (χ4v) is 16.0. The summed E-state index contributed by atoms with van der Waals surface area (Å²) in [4.78, 5) is 43.9. The van der Waals surface area contributed by atoms with Gasteiger partial charge in [0, 0.05) is 76.1 Å². The molecule has 2 heterocycles. The number of amides is 1. The molecule has 2 saturated heterocycles. The molecule has 354 valence electrons. The van der Waals surface area contributed by atoms with Crippen molar-refractivity contribution < 1.29 is 29.4 Å². The van der Waals surface area contributed by atoms with Crippen molar-refractivity contribution in [3.05, 3.63) is 0 Å². The first-order chi connectivity index (χ1) is 29.8. The first-order valence-electron chi connectivity index (χ1n) is 26.3. The van der Waals surface area contributed by atoms with Crippen molar-refractivity contribution in [2.75, 3.05) is 60.5 Å². The summed E-state index contributed by atoms with van der Waals surface area (Å²) in [6.45, 7) is 13.4. The van der Waals surface area contributed by atoms with Crippen LogP contribution in [-0.4, -0.2) is 139 Å². The number of methoxy groups -OCH3 is 1. The van der Waals surface area contributed by atoms with Gasteiger partial charge in [0.1, 0.15) is 12.1 Å². The Morgan fingerprint density at radius 1 is 0.855 bits per heavy atom. The molecule has 9 aliphatic rings. The molecule has 2 aliphatic heterocycles. The van der Waals surface area contributed by atoms with Crippen molar-refractivity contribution in [1.29, 1.82) is 0 Å². The van der Waals surface area contributed by atoms with Gasteiger partial charge in [-0.05, 0) is 144 Å². The molecule has 2 bridgehead atoms. The number of Topliss-reactive ketones (excluding diaryl/α,β-unsaturated/α-hetero) is 1. The smallest absolute Gasteiger partial charge is 0.226 e. The highest BCUT2D eigenvalue weighted by molar-refractivity contribution is 5.85. The van der Waals surface area contributed by atoms with E-state index in [9.17, 15) is 15.0 Å². The summed E-state index contributed by atoms with van der Waals surface area (Å²) in [6.07, 6.45) is 21.0. The van der Waals surface area contributed by atoms with E-state index >= 15 is 4.79 Å². The molecular weight excluding hydrogens is 777 g/mol. The molecule has 0 spiro atoms. The largest absolute Gasteiger partial charge is 0.394 e. The highest BCUT2D eigenvalue weighted by atomic mass is 16.7. The van der Waals surface area contributed by atoms with Gasteiger partial charge in [-0.15, -0.1) is 0 Å². The van der Waals surface area contributed by atoms with Crippen LogP contribution in [0.5, 0.6) is 0 Å². The summed E-state index contributed by atoms with van der Waals surface area (Å²) >= 11 is 0. The molecule has 8 unspecified atom stereocenters. The second kappa shape index (κ2) is 20.4. The summed E-state index contributed by atoms with van der Waals surface area (Å²) in [5.41, 5.74) is 0.358. The lowest BCUT2D eigenvalue weighted by Crippen LogP contribution is -2.60. The monoisotopic (exact) mass is 867 g/mol. The van der Waals surface area contributed by atoms with E-state index in [-0.39, 0.29) is 30.3 Å². The average Bonchev–Trinajstić information content (AvgIpc) is 3.65. The summed E-state index contributed by atoms with van der Waals surface area (Å²) in [7, 11) is 6.28. The summed E-state index contributed by atoms with van der Waals surface area (Å²) in [5, 5.41) is 23.6. The van der Waals surface area contributed by atoms with Crippen molar-refractivity contribution in [3.8, 4) is 0 Å². The van der Waals surface area contributed by atoms with Crippen LogP contribution in [0.2, 0.25) is 0 Å². The number of piperazine rings is 1. The van der Waals surface area contributed by atoms with Crippen molar-refractivity contribution in [1.82, 2.24) is 19.8 Å². The Balaban J connectivity index is 0.969. The van der Waals surface area contributed by atoms with E-state index in [4.69, 9.17) is 9.57 Å². The Morgan fingerprint density at radius 3 is 2.23 bits per heavy atom. The fraction of sp³-hybridized carbons (Fsp3) is 0.962. The Hall–Kier alpha value is -1.14. The molecule has 0 radical (unpaired) electrons. The van der Waals surface area contributed by atoms with Gasteiger partial charge < -0.3 is 24.7 Å². The van der Waals surface area contributed by atoms with E-state index in [1.54, 1.807) is 6.92 Å². The molecule has 9 fully saturated rings. The number of nitrogens with zero attached hydrogens (tertiary/aromatic N) is 4. The van der Waals surface area contributed by atoms with E-state index in [2.05, 4.69) is 49.6 Å². The lowest BCUT2D eigenvalue weighted by Gasteiger charge is -2.62. The van der Waals surface area contributed by atoms with E-state index in [0.717, 1.165) is 70.5 Å². The molecule has 1 amide bonds. The molecule has 7 saturated carbocycles.